The molecule has 2 amide bonds. The summed E-state index contributed by atoms with van der Waals surface area (Å²) >= 11 is 0. The summed E-state index contributed by atoms with van der Waals surface area (Å²) in [4.78, 5) is 23.0. The maximum Gasteiger partial charge on any atom is 0.239 e. The molecule has 1 aliphatic carbocycles. The van der Waals surface area contributed by atoms with E-state index in [-0.39, 0.29) is 30.4 Å². The van der Waals surface area contributed by atoms with Gasteiger partial charge >= 0.3 is 0 Å². The van der Waals surface area contributed by atoms with Gasteiger partial charge in [-0.2, -0.15) is 0 Å². The van der Waals surface area contributed by atoms with Crippen molar-refractivity contribution >= 4 is 11.8 Å². The smallest absolute Gasteiger partial charge is 0.239 e. The molecular weight excluding hydrogens is 280 g/mol. The number of nitrogens with one attached hydrogen (secondary N) is 2. The van der Waals surface area contributed by atoms with E-state index < -0.39 is 0 Å². The standard InChI is InChI=1S/C17H24N2O3/c1-12(2)22-15-7-3-13(4-8-15)9-10-18-16(20)11-19-17(21)14-5-6-14/h3-4,7-8,12,14H,5-6,9-11H2,1-2H3,(H,18,20)(H,19,21). The van der Waals surface area contributed by atoms with E-state index in [0.29, 0.717) is 6.54 Å². The van der Waals surface area contributed by atoms with Crippen molar-refractivity contribution in [2.75, 3.05) is 13.1 Å². The van der Waals surface area contributed by atoms with Gasteiger partial charge in [-0.05, 0) is 50.8 Å². The molecule has 1 aliphatic rings. The summed E-state index contributed by atoms with van der Waals surface area (Å²) in [5, 5.41) is 5.46. The molecule has 2 N–H and O–H groups in total. The van der Waals surface area contributed by atoms with Gasteiger partial charge in [-0.1, -0.05) is 12.1 Å². The van der Waals surface area contributed by atoms with Crippen LogP contribution in [0.25, 0.3) is 0 Å². The highest BCUT2D eigenvalue weighted by atomic mass is 16.5. The van der Waals surface area contributed by atoms with Gasteiger partial charge in [0, 0.05) is 12.5 Å². The molecule has 0 radical (unpaired) electrons. The summed E-state index contributed by atoms with van der Waals surface area (Å²) in [5.41, 5.74) is 1.14. The Hall–Kier alpha value is -2.04. The van der Waals surface area contributed by atoms with Gasteiger partial charge in [-0.3, -0.25) is 9.59 Å². The van der Waals surface area contributed by atoms with E-state index in [0.717, 1.165) is 30.6 Å². The fourth-order valence-corrected chi connectivity index (χ4v) is 2.07. The zero-order valence-electron chi connectivity index (χ0n) is 13.2. The lowest BCUT2D eigenvalue weighted by atomic mass is 10.1. The monoisotopic (exact) mass is 304 g/mol. The van der Waals surface area contributed by atoms with Gasteiger partial charge in [0.15, 0.2) is 0 Å². The second-order valence-electron chi connectivity index (χ2n) is 5.90. The molecule has 0 atom stereocenters. The first kappa shape index (κ1) is 16.3. The van der Waals surface area contributed by atoms with Crippen molar-refractivity contribution in [1.82, 2.24) is 10.6 Å². The second kappa shape index (κ2) is 7.82. The molecule has 22 heavy (non-hydrogen) atoms. The molecule has 0 unspecified atom stereocenters. The predicted octanol–water partition coefficient (Wildman–Crippen LogP) is 1.66. The molecule has 5 heteroatoms. The largest absolute Gasteiger partial charge is 0.491 e. The van der Waals surface area contributed by atoms with Crippen LogP contribution in [0.5, 0.6) is 5.75 Å². The van der Waals surface area contributed by atoms with Crippen LogP contribution in [0.4, 0.5) is 0 Å². The third-order valence-corrected chi connectivity index (χ3v) is 3.40. The molecule has 5 nitrogen and oxygen atoms in total. The summed E-state index contributed by atoms with van der Waals surface area (Å²) < 4.78 is 5.58. The van der Waals surface area contributed by atoms with Gasteiger partial charge in [-0.25, -0.2) is 0 Å². The minimum absolute atomic E-state index is 0.00380. The van der Waals surface area contributed by atoms with E-state index >= 15 is 0 Å². The van der Waals surface area contributed by atoms with Gasteiger partial charge in [-0.15, -0.1) is 0 Å². The van der Waals surface area contributed by atoms with Crippen molar-refractivity contribution < 1.29 is 14.3 Å². The summed E-state index contributed by atoms with van der Waals surface area (Å²) in [6.07, 6.45) is 2.81. The Labute approximate surface area is 131 Å². The van der Waals surface area contributed by atoms with Gasteiger partial charge < -0.3 is 15.4 Å². The highest BCUT2D eigenvalue weighted by molar-refractivity contribution is 5.86. The second-order valence-corrected chi connectivity index (χ2v) is 5.90. The fraction of sp³-hybridized carbons (Fsp3) is 0.529. The summed E-state index contributed by atoms with van der Waals surface area (Å²) in [6, 6.07) is 7.87. The lowest BCUT2D eigenvalue weighted by Gasteiger charge is -2.10. The zero-order valence-corrected chi connectivity index (χ0v) is 13.2. The Morgan fingerprint density at radius 1 is 1.18 bits per heavy atom. The van der Waals surface area contributed by atoms with Gasteiger partial charge in [0.1, 0.15) is 5.75 Å². The number of carbonyl (C=O) groups excluding carboxylic acids is 2. The number of hydrogen-bond donors (Lipinski definition) is 2. The summed E-state index contributed by atoms with van der Waals surface area (Å²) in [7, 11) is 0. The van der Waals surface area contributed by atoms with Crippen molar-refractivity contribution in [3.05, 3.63) is 29.8 Å². The highest BCUT2D eigenvalue weighted by Crippen LogP contribution is 2.28. The molecule has 1 aromatic carbocycles. The van der Waals surface area contributed by atoms with Crippen LogP contribution in [0, 0.1) is 5.92 Å². The van der Waals surface area contributed by atoms with E-state index in [1.807, 2.05) is 38.1 Å². The average Bonchev–Trinajstić information content (AvgIpc) is 3.31. The van der Waals surface area contributed by atoms with Gasteiger partial charge in [0.25, 0.3) is 0 Å². The first-order chi connectivity index (χ1) is 10.5. The van der Waals surface area contributed by atoms with Crippen molar-refractivity contribution in [2.45, 2.75) is 39.2 Å². The predicted molar refractivity (Wildman–Crippen MR) is 84.7 cm³/mol. The Morgan fingerprint density at radius 2 is 1.86 bits per heavy atom. The van der Waals surface area contributed by atoms with E-state index in [9.17, 15) is 9.59 Å². The normalized spacial score (nSPS) is 13.8. The lowest BCUT2D eigenvalue weighted by molar-refractivity contribution is -0.126. The van der Waals surface area contributed by atoms with E-state index in [2.05, 4.69) is 10.6 Å². The lowest BCUT2D eigenvalue weighted by Crippen LogP contribution is -2.38. The Morgan fingerprint density at radius 3 is 2.45 bits per heavy atom. The van der Waals surface area contributed by atoms with E-state index in [1.165, 1.54) is 0 Å². The molecule has 0 spiro atoms. The maximum absolute atomic E-state index is 11.6. The van der Waals surface area contributed by atoms with Gasteiger partial charge in [0.05, 0.1) is 12.6 Å². The molecule has 1 aromatic rings. The SMILES string of the molecule is CC(C)Oc1ccc(CCNC(=O)CNC(=O)C2CC2)cc1. The molecule has 0 heterocycles. The molecular formula is C17H24N2O3. The number of rotatable bonds is 8. The van der Waals surface area contributed by atoms with E-state index in [1.54, 1.807) is 0 Å². The van der Waals surface area contributed by atoms with E-state index in [4.69, 9.17) is 4.74 Å². The summed E-state index contributed by atoms with van der Waals surface area (Å²) in [6.45, 7) is 4.61. The molecule has 0 aromatic heterocycles. The molecule has 0 aliphatic heterocycles. The third-order valence-electron chi connectivity index (χ3n) is 3.40. The van der Waals surface area contributed by atoms with Crippen LogP contribution in [0.15, 0.2) is 24.3 Å². The molecule has 2 rings (SSSR count). The summed E-state index contributed by atoms with van der Waals surface area (Å²) in [5.74, 6) is 0.842. The van der Waals surface area contributed by atoms with Crippen LogP contribution < -0.4 is 15.4 Å². The topological polar surface area (TPSA) is 67.4 Å². The van der Waals surface area contributed by atoms with Crippen LogP contribution in [0.1, 0.15) is 32.3 Å². The van der Waals surface area contributed by atoms with Crippen LogP contribution in [-0.4, -0.2) is 31.0 Å². The number of amides is 2. The van der Waals surface area contributed by atoms with Crippen LogP contribution >= 0.6 is 0 Å². The van der Waals surface area contributed by atoms with Crippen LogP contribution in [0.3, 0.4) is 0 Å². The highest BCUT2D eigenvalue weighted by Gasteiger charge is 2.29. The van der Waals surface area contributed by atoms with Crippen LogP contribution in [-0.2, 0) is 16.0 Å². The first-order valence-electron chi connectivity index (χ1n) is 7.84. The quantitative estimate of drug-likeness (QED) is 0.767. The number of hydrogen-bond acceptors (Lipinski definition) is 3. The number of carbonyl (C=O) groups is 2. The van der Waals surface area contributed by atoms with Crippen molar-refractivity contribution in [3.63, 3.8) is 0 Å². The molecule has 1 saturated carbocycles. The maximum atomic E-state index is 11.6. The average molecular weight is 304 g/mol. The number of benzene rings is 1. The molecule has 120 valence electrons. The van der Waals surface area contributed by atoms with Crippen molar-refractivity contribution in [3.8, 4) is 5.75 Å². The van der Waals surface area contributed by atoms with Crippen molar-refractivity contribution in [2.24, 2.45) is 5.92 Å². The Kier molecular flexibility index (Phi) is 5.81. The fourth-order valence-electron chi connectivity index (χ4n) is 2.07. The molecule has 0 saturated heterocycles. The van der Waals surface area contributed by atoms with Gasteiger partial charge in [0.2, 0.25) is 11.8 Å². The zero-order chi connectivity index (χ0) is 15.9. The minimum atomic E-state index is -0.145. The van der Waals surface area contributed by atoms with Crippen LogP contribution in [0.2, 0.25) is 0 Å². The molecule has 1 fully saturated rings. The third kappa shape index (κ3) is 5.76. The minimum Gasteiger partial charge on any atom is -0.491 e. The number of ether oxygens (including phenoxy) is 1. The van der Waals surface area contributed by atoms with Crippen molar-refractivity contribution in [1.29, 1.82) is 0 Å². The first-order valence-corrected chi connectivity index (χ1v) is 7.84. The Balaban J connectivity index is 1.62. The Bertz CT molecular complexity index is 507. The molecule has 0 bridgehead atoms.